The molecule has 4 N–H and O–H groups in total. The van der Waals surface area contributed by atoms with E-state index in [9.17, 15) is 4.79 Å². The predicted octanol–water partition coefficient (Wildman–Crippen LogP) is -0.578. The zero-order valence-corrected chi connectivity index (χ0v) is 8.61. The van der Waals surface area contributed by atoms with E-state index in [2.05, 4.69) is 4.90 Å². The molecule has 0 aliphatic carbocycles. The van der Waals surface area contributed by atoms with Crippen molar-refractivity contribution in [2.24, 2.45) is 11.5 Å². The third-order valence-corrected chi connectivity index (χ3v) is 2.61. The number of carbonyl (C=O) groups is 1. The van der Waals surface area contributed by atoms with E-state index in [-0.39, 0.29) is 6.03 Å². The molecule has 0 radical (unpaired) electrons. The summed E-state index contributed by atoms with van der Waals surface area (Å²) in [7, 11) is 0. The van der Waals surface area contributed by atoms with Gasteiger partial charge in [-0.25, -0.2) is 4.79 Å². The Morgan fingerprint density at radius 3 is 2.29 bits per heavy atom. The molecule has 82 valence electrons. The number of rotatable bonds is 4. The van der Waals surface area contributed by atoms with Crippen LogP contribution in [0.2, 0.25) is 0 Å². The molecule has 0 unspecified atom stereocenters. The summed E-state index contributed by atoms with van der Waals surface area (Å²) < 4.78 is 0. The predicted molar refractivity (Wildman–Crippen MR) is 55.9 cm³/mol. The molecule has 0 atom stereocenters. The molecule has 1 heterocycles. The fraction of sp³-hybridized carbons (Fsp3) is 0.889. The van der Waals surface area contributed by atoms with E-state index in [1.807, 2.05) is 0 Å². The van der Waals surface area contributed by atoms with Gasteiger partial charge in [-0.2, -0.15) is 0 Å². The van der Waals surface area contributed by atoms with Crippen molar-refractivity contribution in [1.29, 1.82) is 0 Å². The van der Waals surface area contributed by atoms with Crippen LogP contribution in [-0.2, 0) is 0 Å². The highest BCUT2D eigenvalue weighted by Crippen LogP contribution is 2.02. The number of primary amides is 1. The molecule has 0 saturated carbocycles. The molecule has 1 aliphatic rings. The Kier molecular flexibility index (Phi) is 4.69. The largest absolute Gasteiger partial charge is 0.351 e. The number of urea groups is 1. The fourth-order valence-electron chi connectivity index (χ4n) is 1.67. The molecule has 1 aliphatic heterocycles. The van der Waals surface area contributed by atoms with E-state index in [1.165, 1.54) is 0 Å². The number of amides is 2. The van der Waals surface area contributed by atoms with Crippen LogP contribution >= 0.6 is 0 Å². The van der Waals surface area contributed by atoms with Crippen LogP contribution in [0, 0.1) is 0 Å². The highest BCUT2D eigenvalue weighted by molar-refractivity contribution is 5.72. The first-order chi connectivity index (χ1) is 6.74. The van der Waals surface area contributed by atoms with Crippen molar-refractivity contribution < 1.29 is 4.79 Å². The lowest BCUT2D eigenvalue weighted by atomic mass is 10.2. The van der Waals surface area contributed by atoms with Crippen molar-refractivity contribution in [3.05, 3.63) is 0 Å². The molecule has 5 nitrogen and oxygen atoms in total. The monoisotopic (exact) mass is 200 g/mol. The molecule has 0 spiro atoms. The first kappa shape index (κ1) is 11.3. The van der Waals surface area contributed by atoms with Gasteiger partial charge in [0.2, 0.25) is 0 Å². The highest BCUT2D eigenvalue weighted by atomic mass is 16.2. The number of nitrogens with two attached hydrogens (primary N) is 2. The quantitative estimate of drug-likeness (QED) is 0.596. The van der Waals surface area contributed by atoms with Crippen LogP contribution in [-0.4, -0.2) is 55.1 Å². The van der Waals surface area contributed by atoms with Crippen molar-refractivity contribution in [1.82, 2.24) is 9.80 Å². The summed E-state index contributed by atoms with van der Waals surface area (Å²) in [5, 5.41) is 0. The van der Waals surface area contributed by atoms with Crippen molar-refractivity contribution >= 4 is 6.03 Å². The molecule has 1 fully saturated rings. The average Bonchev–Trinajstić information content (AvgIpc) is 2.19. The van der Waals surface area contributed by atoms with Gasteiger partial charge in [-0.1, -0.05) is 0 Å². The van der Waals surface area contributed by atoms with Gasteiger partial charge in [-0.3, -0.25) is 4.90 Å². The van der Waals surface area contributed by atoms with E-state index in [0.29, 0.717) is 0 Å². The molecule has 0 aromatic rings. The number of piperazine rings is 1. The van der Waals surface area contributed by atoms with E-state index in [1.54, 1.807) is 4.90 Å². The smallest absolute Gasteiger partial charge is 0.314 e. The van der Waals surface area contributed by atoms with Gasteiger partial charge in [0.05, 0.1) is 0 Å². The number of carbonyl (C=O) groups excluding carboxylic acids is 1. The van der Waals surface area contributed by atoms with Crippen molar-refractivity contribution in [3.8, 4) is 0 Å². The van der Waals surface area contributed by atoms with E-state index in [4.69, 9.17) is 11.5 Å². The second-order valence-electron chi connectivity index (χ2n) is 3.66. The van der Waals surface area contributed by atoms with Crippen LogP contribution in [0.1, 0.15) is 12.8 Å². The normalized spacial score (nSPS) is 18.5. The lowest BCUT2D eigenvalue weighted by Crippen LogP contribution is -2.50. The Morgan fingerprint density at radius 2 is 1.79 bits per heavy atom. The maximum Gasteiger partial charge on any atom is 0.314 e. The Labute approximate surface area is 85.0 Å². The van der Waals surface area contributed by atoms with Gasteiger partial charge in [-0.15, -0.1) is 0 Å². The van der Waals surface area contributed by atoms with Gasteiger partial charge >= 0.3 is 6.03 Å². The first-order valence-corrected chi connectivity index (χ1v) is 5.21. The molecule has 0 aromatic carbocycles. The Bertz CT molecular complexity index is 178. The molecule has 5 heteroatoms. The molecule has 1 saturated heterocycles. The van der Waals surface area contributed by atoms with Gasteiger partial charge in [0.15, 0.2) is 0 Å². The summed E-state index contributed by atoms with van der Waals surface area (Å²) in [5.41, 5.74) is 10.6. The summed E-state index contributed by atoms with van der Waals surface area (Å²) in [4.78, 5) is 14.9. The lowest BCUT2D eigenvalue weighted by molar-refractivity contribution is 0.143. The van der Waals surface area contributed by atoms with Gasteiger partial charge in [0, 0.05) is 26.2 Å². The maximum absolute atomic E-state index is 10.8. The molecule has 0 bridgehead atoms. The molecular formula is C9H20N4O. The number of nitrogens with zero attached hydrogens (tertiary/aromatic N) is 2. The van der Waals surface area contributed by atoms with Gasteiger partial charge in [0.1, 0.15) is 0 Å². The molecule has 2 amide bonds. The topological polar surface area (TPSA) is 75.6 Å². The number of hydrogen-bond acceptors (Lipinski definition) is 3. The van der Waals surface area contributed by atoms with Gasteiger partial charge in [-0.05, 0) is 25.9 Å². The molecule has 14 heavy (non-hydrogen) atoms. The third kappa shape index (κ3) is 3.51. The van der Waals surface area contributed by atoms with Gasteiger partial charge in [0.25, 0.3) is 0 Å². The van der Waals surface area contributed by atoms with Gasteiger partial charge < -0.3 is 16.4 Å². The second-order valence-corrected chi connectivity index (χ2v) is 3.66. The third-order valence-electron chi connectivity index (χ3n) is 2.61. The summed E-state index contributed by atoms with van der Waals surface area (Å²) in [6.07, 6.45) is 2.23. The molecule has 0 aromatic heterocycles. The maximum atomic E-state index is 10.8. The Hall–Kier alpha value is -0.810. The van der Waals surface area contributed by atoms with E-state index >= 15 is 0 Å². The average molecular weight is 200 g/mol. The molecular weight excluding hydrogens is 180 g/mol. The standard InChI is InChI=1S/C9H20N4O/c10-3-1-2-4-12-5-7-13(8-6-12)9(11)14/h1-8,10H2,(H2,11,14). The van der Waals surface area contributed by atoms with Crippen molar-refractivity contribution in [2.45, 2.75) is 12.8 Å². The van der Waals surface area contributed by atoms with Crippen LogP contribution in [0.5, 0.6) is 0 Å². The second kappa shape index (κ2) is 5.82. The van der Waals surface area contributed by atoms with E-state index in [0.717, 1.165) is 52.1 Å². The van der Waals surface area contributed by atoms with Crippen LogP contribution in [0.15, 0.2) is 0 Å². The summed E-state index contributed by atoms with van der Waals surface area (Å²) in [6, 6.07) is -0.299. The summed E-state index contributed by atoms with van der Waals surface area (Å²) in [6.45, 7) is 5.25. The van der Waals surface area contributed by atoms with Crippen molar-refractivity contribution in [3.63, 3.8) is 0 Å². The minimum Gasteiger partial charge on any atom is -0.351 e. The zero-order valence-electron chi connectivity index (χ0n) is 8.61. The Morgan fingerprint density at radius 1 is 1.14 bits per heavy atom. The van der Waals surface area contributed by atoms with Crippen LogP contribution in [0.3, 0.4) is 0 Å². The number of unbranched alkanes of at least 4 members (excludes halogenated alkanes) is 1. The number of hydrogen-bond donors (Lipinski definition) is 2. The minimum atomic E-state index is -0.299. The molecule has 1 rings (SSSR count). The Balaban J connectivity index is 2.12. The summed E-state index contributed by atoms with van der Waals surface area (Å²) in [5.74, 6) is 0. The lowest BCUT2D eigenvalue weighted by Gasteiger charge is -2.33. The zero-order chi connectivity index (χ0) is 10.4. The van der Waals surface area contributed by atoms with E-state index < -0.39 is 0 Å². The van der Waals surface area contributed by atoms with Crippen LogP contribution in [0.25, 0.3) is 0 Å². The highest BCUT2D eigenvalue weighted by Gasteiger charge is 2.18. The SMILES string of the molecule is NCCCCN1CCN(C(N)=O)CC1. The van der Waals surface area contributed by atoms with Crippen LogP contribution < -0.4 is 11.5 Å². The van der Waals surface area contributed by atoms with Crippen LogP contribution in [0.4, 0.5) is 4.79 Å². The minimum absolute atomic E-state index is 0.299. The fourth-order valence-corrected chi connectivity index (χ4v) is 1.67. The van der Waals surface area contributed by atoms with Crippen molar-refractivity contribution in [2.75, 3.05) is 39.3 Å². The first-order valence-electron chi connectivity index (χ1n) is 5.21. The summed E-state index contributed by atoms with van der Waals surface area (Å²) >= 11 is 0.